The molecule has 5 nitrogen and oxygen atoms in total. The Balaban J connectivity index is 2.00. The summed E-state index contributed by atoms with van der Waals surface area (Å²) in [5.41, 5.74) is 2.41. The molecule has 0 heterocycles. The third kappa shape index (κ3) is 4.32. The van der Waals surface area contributed by atoms with E-state index in [1.807, 2.05) is 0 Å². The number of benzene rings is 3. The van der Waals surface area contributed by atoms with Crippen LogP contribution in [0.3, 0.4) is 0 Å². The number of carboxylic acids is 1. The van der Waals surface area contributed by atoms with Crippen LogP contribution in [0.2, 0.25) is 0 Å². The average Bonchev–Trinajstić information content (AvgIpc) is 2.63. The zero-order chi connectivity index (χ0) is 19.6. The van der Waals surface area contributed by atoms with Gasteiger partial charge in [0.05, 0.1) is 16.1 Å². The number of hydrogen-bond donors (Lipinski definition) is 2. The average molecular weight is 385 g/mol. The van der Waals surface area contributed by atoms with E-state index in [9.17, 15) is 22.7 Å². The Morgan fingerprint density at radius 1 is 0.926 bits per heavy atom. The molecule has 3 rings (SSSR count). The van der Waals surface area contributed by atoms with Gasteiger partial charge in [-0.3, -0.25) is 0 Å². The lowest BCUT2D eigenvalue weighted by atomic mass is 10.0. The molecule has 0 unspecified atom stereocenters. The van der Waals surface area contributed by atoms with Crippen molar-refractivity contribution in [1.82, 2.24) is 0 Å². The summed E-state index contributed by atoms with van der Waals surface area (Å²) < 4.78 is 36.2. The summed E-state index contributed by atoms with van der Waals surface area (Å²) in [7, 11) is -3.29. The van der Waals surface area contributed by atoms with Gasteiger partial charge in [0.1, 0.15) is 5.82 Å². The van der Waals surface area contributed by atoms with Gasteiger partial charge >= 0.3 is 5.97 Å². The maximum absolute atomic E-state index is 13.1. The van der Waals surface area contributed by atoms with Crippen molar-refractivity contribution in [3.8, 4) is 11.1 Å². The molecular formula is C20H16FNO4S. The number of rotatable bonds is 5. The van der Waals surface area contributed by atoms with E-state index >= 15 is 0 Å². The first kappa shape index (κ1) is 18.6. The summed E-state index contributed by atoms with van der Waals surface area (Å²) in [5, 5.41) is 12.4. The Labute approximate surface area is 156 Å². The van der Waals surface area contributed by atoms with E-state index in [-0.39, 0.29) is 10.5 Å². The van der Waals surface area contributed by atoms with Crippen LogP contribution in [0.25, 0.3) is 11.1 Å². The van der Waals surface area contributed by atoms with Crippen molar-refractivity contribution < 1.29 is 22.7 Å². The summed E-state index contributed by atoms with van der Waals surface area (Å²) in [6.07, 6.45) is 1.13. The first-order valence-corrected chi connectivity index (χ1v) is 9.83. The highest BCUT2D eigenvalue weighted by molar-refractivity contribution is 7.90. The third-order valence-electron chi connectivity index (χ3n) is 3.99. The SMILES string of the molecule is CS(=O)(=O)c1ccc(-c2ccc(C(=O)O)c(Nc3ccc(F)cc3)c2)cc1. The molecule has 0 aromatic heterocycles. The molecule has 0 radical (unpaired) electrons. The molecule has 2 N–H and O–H groups in total. The fourth-order valence-electron chi connectivity index (χ4n) is 2.60. The van der Waals surface area contributed by atoms with Crippen LogP contribution in [0.4, 0.5) is 15.8 Å². The second-order valence-corrected chi connectivity index (χ2v) is 8.01. The predicted molar refractivity (Wildman–Crippen MR) is 102 cm³/mol. The minimum atomic E-state index is -3.29. The molecule has 0 aliphatic carbocycles. The van der Waals surface area contributed by atoms with Gasteiger partial charge in [-0.05, 0) is 59.7 Å². The maximum Gasteiger partial charge on any atom is 0.337 e. The molecule has 0 fully saturated rings. The summed E-state index contributed by atoms with van der Waals surface area (Å²) in [4.78, 5) is 11.7. The molecule has 0 aliphatic heterocycles. The molecule has 138 valence electrons. The van der Waals surface area contributed by atoms with Gasteiger partial charge in [-0.2, -0.15) is 0 Å². The maximum atomic E-state index is 13.1. The van der Waals surface area contributed by atoms with Crippen LogP contribution in [-0.4, -0.2) is 25.7 Å². The Morgan fingerprint density at radius 2 is 1.52 bits per heavy atom. The number of halogens is 1. The number of nitrogens with one attached hydrogen (secondary N) is 1. The largest absolute Gasteiger partial charge is 0.478 e. The second kappa shape index (κ2) is 7.20. The van der Waals surface area contributed by atoms with Crippen LogP contribution in [-0.2, 0) is 9.84 Å². The molecule has 0 spiro atoms. The standard InChI is InChI=1S/C20H16FNO4S/c1-27(25,26)17-9-2-13(3-10-17)14-4-11-18(20(23)24)19(12-14)22-16-7-5-15(21)6-8-16/h2-12,22H,1H3,(H,23,24). The third-order valence-corrected chi connectivity index (χ3v) is 5.12. The molecule has 0 atom stereocenters. The summed E-state index contributed by atoms with van der Waals surface area (Å²) in [5.74, 6) is -1.49. The fourth-order valence-corrected chi connectivity index (χ4v) is 3.23. The number of aromatic carboxylic acids is 1. The number of sulfone groups is 1. The predicted octanol–water partition coefficient (Wildman–Crippen LogP) is 4.34. The monoisotopic (exact) mass is 385 g/mol. The van der Waals surface area contributed by atoms with Gasteiger partial charge in [0.2, 0.25) is 0 Å². The zero-order valence-corrected chi connectivity index (χ0v) is 15.1. The quantitative estimate of drug-likeness (QED) is 0.683. The topological polar surface area (TPSA) is 83.5 Å². The molecule has 0 aliphatic rings. The molecule has 0 saturated carbocycles. The minimum Gasteiger partial charge on any atom is -0.478 e. The molecule has 3 aromatic carbocycles. The first-order valence-electron chi connectivity index (χ1n) is 7.94. The smallest absolute Gasteiger partial charge is 0.337 e. The van der Waals surface area contributed by atoms with E-state index in [2.05, 4.69) is 5.32 Å². The molecular weight excluding hydrogens is 369 g/mol. The van der Waals surface area contributed by atoms with Gasteiger partial charge in [-0.1, -0.05) is 18.2 Å². The highest BCUT2D eigenvalue weighted by Gasteiger charge is 2.13. The Kier molecular flexibility index (Phi) is 4.96. The Hall–Kier alpha value is -3.19. The zero-order valence-electron chi connectivity index (χ0n) is 14.3. The number of anilines is 2. The van der Waals surface area contributed by atoms with Crippen LogP contribution in [0, 0.1) is 5.82 Å². The van der Waals surface area contributed by atoms with Crippen LogP contribution in [0.1, 0.15) is 10.4 Å². The van der Waals surface area contributed by atoms with E-state index < -0.39 is 21.6 Å². The van der Waals surface area contributed by atoms with E-state index in [0.717, 1.165) is 11.8 Å². The number of carboxylic acid groups (broad SMARTS) is 1. The molecule has 7 heteroatoms. The van der Waals surface area contributed by atoms with Crippen LogP contribution in [0.5, 0.6) is 0 Å². The summed E-state index contributed by atoms with van der Waals surface area (Å²) in [6.45, 7) is 0. The lowest BCUT2D eigenvalue weighted by molar-refractivity contribution is 0.0698. The highest BCUT2D eigenvalue weighted by Crippen LogP contribution is 2.29. The number of hydrogen-bond acceptors (Lipinski definition) is 4. The molecule has 0 saturated heterocycles. The van der Waals surface area contributed by atoms with Gasteiger partial charge in [0, 0.05) is 11.9 Å². The second-order valence-electron chi connectivity index (χ2n) is 5.99. The van der Waals surface area contributed by atoms with Crippen molar-refractivity contribution in [2.45, 2.75) is 4.90 Å². The van der Waals surface area contributed by atoms with E-state index in [1.165, 1.54) is 42.5 Å². The first-order chi connectivity index (χ1) is 12.7. The van der Waals surface area contributed by atoms with Gasteiger partial charge in [0.15, 0.2) is 9.84 Å². The fraction of sp³-hybridized carbons (Fsp3) is 0.0500. The van der Waals surface area contributed by atoms with Crippen molar-refractivity contribution in [2.24, 2.45) is 0 Å². The van der Waals surface area contributed by atoms with E-state index in [1.54, 1.807) is 24.3 Å². The molecule has 27 heavy (non-hydrogen) atoms. The van der Waals surface area contributed by atoms with Gasteiger partial charge < -0.3 is 10.4 Å². The van der Waals surface area contributed by atoms with Crippen molar-refractivity contribution in [1.29, 1.82) is 0 Å². The van der Waals surface area contributed by atoms with Gasteiger partial charge in [-0.25, -0.2) is 17.6 Å². The van der Waals surface area contributed by atoms with Crippen molar-refractivity contribution >= 4 is 27.2 Å². The lowest BCUT2D eigenvalue weighted by Gasteiger charge is -2.12. The summed E-state index contributed by atoms with van der Waals surface area (Å²) >= 11 is 0. The normalized spacial score (nSPS) is 11.2. The molecule has 0 bridgehead atoms. The highest BCUT2D eigenvalue weighted by atomic mass is 32.2. The lowest BCUT2D eigenvalue weighted by Crippen LogP contribution is -2.03. The van der Waals surface area contributed by atoms with Crippen molar-refractivity contribution in [3.05, 3.63) is 78.1 Å². The van der Waals surface area contributed by atoms with E-state index in [0.29, 0.717) is 16.9 Å². The van der Waals surface area contributed by atoms with Crippen molar-refractivity contribution in [2.75, 3.05) is 11.6 Å². The Bertz CT molecular complexity index is 1090. The molecule has 0 amide bonds. The van der Waals surface area contributed by atoms with E-state index in [4.69, 9.17) is 0 Å². The van der Waals surface area contributed by atoms with Gasteiger partial charge in [-0.15, -0.1) is 0 Å². The molecule has 3 aromatic rings. The van der Waals surface area contributed by atoms with Crippen LogP contribution in [0.15, 0.2) is 71.6 Å². The summed E-state index contributed by atoms with van der Waals surface area (Å²) in [6, 6.07) is 16.7. The van der Waals surface area contributed by atoms with Crippen LogP contribution < -0.4 is 5.32 Å². The van der Waals surface area contributed by atoms with Crippen molar-refractivity contribution in [3.63, 3.8) is 0 Å². The minimum absolute atomic E-state index is 0.0656. The number of carbonyl (C=O) groups is 1. The van der Waals surface area contributed by atoms with Gasteiger partial charge in [0.25, 0.3) is 0 Å². The Morgan fingerprint density at radius 3 is 2.07 bits per heavy atom. The van der Waals surface area contributed by atoms with Crippen LogP contribution >= 0.6 is 0 Å².